The van der Waals surface area contributed by atoms with Crippen LogP contribution in [0.5, 0.6) is 0 Å². The van der Waals surface area contributed by atoms with Gasteiger partial charge in [-0.3, -0.25) is 9.59 Å². The van der Waals surface area contributed by atoms with Gasteiger partial charge in [0.1, 0.15) is 0 Å². The number of carbonyl (C=O) groups is 2. The third-order valence-electron chi connectivity index (χ3n) is 3.19. The molecule has 1 rings (SSSR count). The number of ether oxygens (including phenoxy) is 1. The van der Waals surface area contributed by atoms with Crippen molar-refractivity contribution in [3.05, 3.63) is 29.3 Å². The summed E-state index contributed by atoms with van der Waals surface area (Å²) >= 11 is 0. The summed E-state index contributed by atoms with van der Waals surface area (Å²) in [5, 5.41) is 2.62. The Kier molecular flexibility index (Phi) is 7.35. The lowest BCUT2D eigenvalue weighted by Crippen LogP contribution is -2.40. The van der Waals surface area contributed by atoms with Gasteiger partial charge in [-0.25, -0.2) is 13.1 Å². The lowest BCUT2D eigenvalue weighted by Gasteiger charge is -2.20. The van der Waals surface area contributed by atoms with E-state index in [1.54, 1.807) is 47.6 Å². The molecular weight excluding hydrogens is 356 g/mol. The summed E-state index contributed by atoms with van der Waals surface area (Å²) in [7, 11) is -3.74. The van der Waals surface area contributed by atoms with E-state index in [0.717, 1.165) is 0 Å². The third-order valence-corrected chi connectivity index (χ3v) is 4.94. The quantitative estimate of drug-likeness (QED) is 0.702. The Balaban J connectivity index is 2.87. The molecule has 1 amide bonds. The fourth-order valence-corrected chi connectivity index (χ4v) is 3.61. The Bertz CT molecular complexity index is 764. The van der Waals surface area contributed by atoms with Crippen LogP contribution in [0.3, 0.4) is 0 Å². The van der Waals surface area contributed by atoms with Gasteiger partial charge < -0.3 is 10.1 Å². The van der Waals surface area contributed by atoms with Crippen molar-refractivity contribution >= 4 is 21.9 Å². The maximum Gasteiger partial charge on any atom is 0.307 e. The summed E-state index contributed by atoms with van der Waals surface area (Å²) in [6.07, 6.45) is -0.162. The van der Waals surface area contributed by atoms with Crippen LogP contribution in [0, 0.1) is 6.92 Å². The first-order valence-electron chi connectivity index (χ1n) is 8.44. The molecule has 0 aromatic heterocycles. The van der Waals surface area contributed by atoms with Crippen molar-refractivity contribution in [1.29, 1.82) is 0 Å². The monoisotopic (exact) mass is 384 g/mol. The van der Waals surface area contributed by atoms with Gasteiger partial charge in [0.15, 0.2) is 0 Å². The van der Waals surface area contributed by atoms with E-state index in [1.165, 1.54) is 12.1 Å². The molecule has 2 N–H and O–H groups in total. The van der Waals surface area contributed by atoms with E-state index in [0.29, 0.717) is 5.56 Å². The largest absolute Gasteiger partial charge is 0.463 e. The lowest BCUT2D eigenvalue weighted by molar-refractivity contribution is -0.147. The first kappa shape index (κ1) is 22.1. The van der Waals surface area contributed by atoms with Crippen LogP contribution < -0.4 is 10.0 Å². The molecule has 0 saturated heterocycles. The standard InChI is InChI=1S/C18H28N2O5S/c1-12(2)25-16(21)9-10-19-17(22)15-11-14(8-7-13(15)3)26(23,24)20-18(4,5)6/h7-8,11-12,20H,9-10H2,1-6H3,(H,19,22). The highest BCUT2D eigenvalue weighted by molar-refractivity contribution is 7.89. The van der Waals surface area contributed by atoms with E-state index < -0.39 is 27.4 Å². The molecular formula is C18H28N2O5S. The van der Waals surface area contributed by atoms with Crippen molar-refractivity contribution < 1.29 is 22.7 Å². The molecule has 0 bridgehead atoms. The Labute approximate surface area is 155 Å². The van der Waals surface area contributed by atoms with Gasteiger partial charge >= 0.3 is 5.97 Å². The molecule has 0 radical (unpaired) electrons. The zero-order valence-corrected chi connectivity index (χ0v) is 17.0. The van der Waals surface area contributed by atoms with Crippen molar-refractivity contribution in [3.8, 4) is 0 Å². The predicted molar refractivity (Wildman–Crippen MR) is 99.4 cm³/mol. The molecule has 26 heavy (non-hydrogen) atoms. The number of benzene rings is 1. The molecule has 0 aliphatic carbocycles. The zero-order valence-electron chi connectivity index (χ0n) is 16.2. The summed E-state index contributed by atoms with van der Waals surface area (Å²) in [6, 6.07) is 4.38. The molecule has 1 aromatic carbocycles. The fourth-order valence-electron chi connectivity index (χ4n) is 2.17. The molecule has 0 unspecified atom stereocenters. The Hall–Kier alpha value is -1.93. The molecule has 0 fully saturated rings. The summed E-state index contributed by atoms with van der Waals surface area (Å²) in [6.45, 7) is 10.5. The summed E-state index contributed by atoms with van der Waals surface area (Å²) in [5.74, 6) is -0.838. The Morgan fingerprint density at radius 2 is 1.81 bits per heavy atom. The maximum atomic E-state index is 12.4. The predicted octanol–water partition coefficient (Wildman–Crippen LogP) is 2.14. The van der Waals surface area contributed by atoms with Gasteiger partial charge in [0.2, 0.25) is 10.0 Å². The number of amides is 1. The minimum atomic E-state index is -3.74. The van der Waals surface area contributed by atoms with Crippen LogP contribution in [0.25, 0.3) is 0 Å². The van der Waals surface area contributed by atoms with Gasteiger partial charge in [0.25, 0.3) is 5.91 Å². The molecule has 0 aliphatic heterocycles. The average Bonchev–Trinajstić information content (AvgIpc) is 2.43. The molecule has 0 heterocycles. The number of hydrogen-bond acceptors (Lipinski definition) is 5. The van der Waals surface area contributed by atoms with Gasteiger partial charge in [0, 0.05) is 17.6 Å². The SMILES string of the molecule is Cc1ccc(S(=O)(=O)NC(C)(C)C)cc1C(=O)NCCC(=O)OC(C)C. The van der Waals surface area contributed by atoms with Crippen LogP contribution in [-0.4, -0.2) is 38.5 Å². The number of nitrogens with one attached hydrogen (secondary N) is 2. The van der Waals surface area contributed by atoms with E-state index in [1.807, 2.05) is 0 Å². The van der Waals surface area contributed by atoms with Crippen LogP contribution in [0.1, 0.15) is 57.0 Å². The van der Waals surface area contributed by atoms with Crippen LogP contribution in [0.2, 0.25) is 0 Å². The minimum absolute atomic E-state index is 0.0161. The number of sulfonamides is 1. The number of esters is 1. The van der Waals surface area contributed by atoms with E-state index in [2.05, 4.69) is 10.0 Å². The smallest absolute Gasteiger partial charge is 0.307 e. The normalized spacial score (nSPS) is 12.1. The van der Waals surface area contributed by atoms with Crippen molar-refractivity contribution in [1.82, 2.24) is 10.0 Å². The average molecular weight is 384 g/mol. The second kappa shape index (κ2) is 8.64. The van der Waals surface area contributed by atoms with Gasteiger partial charge in [-0.15, -0.1) is 0 Å². The number of carbonyl (C=O) groups excluding carboxylic acids is 2. The van der Waals surface area contributed by atoms with E-state index in [-0.39, 0.29) is 29.5 Å². The van der Waals surface area contributed by atoms with E-state index >= 15 is 0 Å². The topological polar surface area (TPSA) is 102 Å². The summed E-state index contributed by atoms with van der Waals surface area (Å²) < 4.78 is 32.4. The zero-order chi connectivity index (χ0) is 20.1. The number of rotatable bonds is 7. The lowest BCUT2D eigenvalue weighted by atomic mass is 10.1. The summed E-state index contributed by atoms with van der Waals surface area (Å²) in [5.41, 5.74) is 0.254. The minimum Gasteiger partial charge on any atom is -0.463 e. The fraction of sp³-hybridized carbons (Fsp3) is 0.556. The van der Waals surface area contributed by atoms with Gasteiger partial charge in [-0.2, -0.15) is 0 Å². The van der Waals surface area contributed by atoms with E-state index in [4.69, 9.17) is 4.74 Å². The van der Waals surface area contributed by atoms with Crippen molar-refractivity contribution in [2.75, 3.05) is 6.54 Å². The van der Waals surface area contributed by atoms with Crippen LogP contribution in [0.4, 0.5) is 0 Å². The molecule has 0 atom stereocenters. The molecule has 7 nitrogen and oxygen atoms in total. The molecule has 1 aromatic rings. The van der Waals surface area contributed by atoms with Crippen LogP contribution in [-0.2, 0) is 19.6 Å². The number of hydrogen-bond donors (Lipinski definition) is 2. The van der Waals surface area contributed by atoms with Gasteiger partial charge in [-0.1, -0.05) is 6.07 Å². The van der Waals surface area contributed by atoms with Crippen molar-refractivity contribution in [2.45, 2.75) is 64.5 Å². The highest BCUT2D eigenvalue weighted by Crippen LogP contribution is 2.17. The second-order valence-electron chi connectivity index (χ2n) is 7.38. The van der Waals surface area contributed by atoms with Gasteiger partial charge in [0.05, 0.1) is 17.4 Å². The van der Waals surface area contributed by atoms with Crippen LogP contribution >= 0.6 is 0 Å². The molecule has 0 aliphatic rings. The van der Waals surface area contributed by atoms with E-state index in [9.17, 15) is 18.0 Å². The maximum absolute atomic E-state index is 12.4. The molecule has 146 valence electrons. The highest BCUT2D eigenvalue weighted by Gasteiger charge is 2.23. The second-order valence-corrected chi connectivity index (χ2v) is 9.06. The molecule has 8 heteroatoms. The first-order chi connectivity index (χ1) is 11.8. The first-order valence-corrected chi connectivity index (χ1v) is 9.92. The van der Waals surface area contributed by atoms with Gasteiger partial charge in [-0.05, 0) is 59.2 Å². The Morgan fingerprint density at radius 3 is 2.35 bits per heavy atom. The number of aryl methyl sites for hydroxylation is 1. The molecule has 0 spiro atoms. The van der Waals surface area contributed by atoms with Crippen molar-refractivity contribution in [3.63, 3.8) is 0 Å². The molecule has 0 saturated carbocycles. The highest BCUT2D eigenvalue weighted by atomic mass is 32.2. The third kappa shape index (κ3) is 7.13. The summed E-state index contributed by atoms with van der Waals surface area (Å²) in [4.78, 5) is 23.9. The van der Waals surface area contributed by atoms with Crippen LogP contribution in [0.15, 0.2) is 23.1 Å². The Morgan fingerprint density at radius 1 is 1.19 bits per heavy atom. The van der Waals surface area contributed by atoms with Crippen molar-refractivity contribution in [2.24, 2.45) is 0 Å².